The molecule has 0 aliphatic heterocycles. The Morgan fingerprint density at radius 2 is 1.76 bits per heavy atom. The Labute approximate surface area is 106 Å². The van der Waals surface area contributed by atoms with Gasteiger partial charge in [-0.15, -0.1) is 0 Å². The van der Waals surface area contributed by atoms with Crippen molar-refractivity contribution < 1.29 is 8.53 Å². The van der Waals surface area contributed by atoms with Crippen LogP contribution >= 0.6 is 0 Å². The molecule has 5 heteroatoms. The number of nitrogens with two attached hydrogens (primary N) is 2. The van der Waals surface area contributed by atoms with Gasteiger partial charge < -0.3 is 0 Å². The molecular weight excluding hydrogens is 279 g/mol. The van der Waals surface area contributed by atoms with Crippen molar-refractivity contribution in [1.29, 1.82) is 0 Å². The summed E-state index contributed by atoms with van der Waals surface area (Å²) in [6.45, 7) is 0.646. The molecule has 0 aromatic heterocycles. The van der Waals surface area contributed by atoms with Crippen LogP contribution in [0.15, 0.2) is 24.3 Å². The number of carbonyl (C=O) groups excluding carboxylic acids is 1. The molecule has 0 aliphatic rings. The molecule has 0 saturated carbocycles. The molecule has 0 fully saturated rings. The standard InChI is InChI=1S/C12H19AsN2O2/c14-9-3-1-2-4-12(16)13(17)10-5-7-11(15)8-6-10/h5-8,13H,1-4,9,14-15H2. The number of anilines is 1. The SMILES string of the molecule is NCCCCCC(=O)[AsH](=O)c1ccc(N)cc1. The predicted octanol–water partition coefficient (Wildman–Crippen LogP) is 0.258. The Morgan fingerprint density at radius 3 is 2.35 bits per heavy atom. The summed E-state index contributed by atoms with van der Waals surface area (Å²) in [6, 6.07) is 6.74. The van der Waals surface area contributed by atoms with E-state index in [1.165, 1.54) is 0 Å². The third-order valence-corrected chi connectivity index (χ3v) is 5.92. The van der Waals surface area contributed by atoms with E-state index in [1.807, 2.05) is 0 Å². The van der Waals surface area contributed by atoms with Crippen molar-refractivity contribution in [3.05, 3.63) is 24.3 Å². The number of hydrogen-bond acceptors (Lipinski definition) is 4. The fourth-order valence-electron chi connectivity index (χ4n) is 1.52. The van der Waals surface area contributed by atoms with Gasteiger partial charge in [0.25, 0.3) is 0 Å². The molecule has 0 saturated heterocycles. The van der Waals surface area contributed by atoms with Gasteiger partial charge in [0, 0.05) is 0 Å². The monoisotopic (exact) mass is 298 g/mol. The predicted molar refractivity (Wildman–Crippen MR) is 70.9 cm³/mol. The van der Waals surface area contributed by atoms with Crippen LogP contribution in [0, 0.1) is 0 Å². The molecule has 1 aromatic rings. The molecule has 4 nitrogen and oxygen atoms in total. The van der Waals surface area contributed by atoms with E-state index in [9.17, 15) is 8.53 Å². The number of unbranched alkanes of at least 4 members (excludes halogenated alkanes) is 2. The fraction of sp³-hybridized carbons (Fsp3) is 0.417. The molecule has 0 heterocycles. The van der Waals surface area contributed by atoms with Crippen molar-refractivity contribution in [2.45, 2.75) is 25.7 Å². The van der Waals surface area contributed by atoms with Gasteiger partial charge in [0.2, 0.25) is 0 Å². The Hall–Kier alpha value is -0.992. The second kappa shape index (κ2) is 7.36. The second-order valence-electron chi connectivity index (χ2n) is 3.97. The zero-order valence-electron chi connectivity index (χ0n) is 9.82. The van der Waals surface area contributed by atoms with Crippen molar-refractivity contribution in [2.75, 3.05) is 12.3 Å². The van der Waals surface area contributed by atoms with Crippen LogP contribution in [-0.4, -0.2) is 25.7 Å². The van der Waals surface area contributed by atoms with Crippen LogP contribution < -0.4 is 15.8 Å². The molecule has 1 unspecified atom stereocenters. The molecular formula is C12H19AsN2O2. The number of carbonyl (C=O) groups is 1. The molecule has 1 rings (SSSR count). The quantitative estimate of drug-likeness (QED) is 0.429. The molecule has 1 atom stereocenters. The first-order valence-electron chi connectivity index (χ1n) is 5.78. The van der Waals surface area contributed by atoms with Gasteiger partial charge in [0.1, 0.15) is 0 Å². The van der Waals surface area contributed by atoms with E-state index in [0.29, 0.717) is 23.0 Å². The van der Waals surface area contributed by atoms with E-state index in [-0.39, 0.29) is 4.57 Å². The summed E-state index contributed by atoms with van der Waals surface area (Å²) in [5, 5.41) is 0. The van der Waals surface area contributed by atoms with Crippen LogP contribution in [0.1, 0.15) is 25.7 Å². The van der Waals surface area contributed by atoms with Crippen molar-refractivity contribution in [3.8, 4) is 0 Å². The summed E-state index contributed by atoms with van der Waals surface area (Å²) in [7, 11) is 0. The van der Waals surface area contributed by atoms with Gasteiger partial charge in [-0.2, -0.15) is 0 Å². The minimum absolute atomic E-state index is 0.0909. The van der Waals surface area contributed by atoms with E-state index in [2.05, 4.69) is 0 Å². The molecule has 0 bridgehead atoms. The van der Waals surface area contributed by atoms with Crippen LogP contribution in [0.3, 0.4) is 0 Å². The Morgan fingerprint density at radius 1 is 1.12 bits per heavy atom. The van der Waals surface area contributed by atoms with Gasteiger partial charge in [-0.25, -0.2) is 0 Å². The van der Waals surface area contributed by atoms with Gasteiger partial charge in [-0.1, -0.05) is 0 Å². The first-order chi connectivity index (χ1) is 8.15. The van der Waals surface area contributed by atoms with Crippen LogP contribution in [0.5, 0.6) is 0 Å². The normalized spacial score (nSPS) is 12.3. The Balaban J connectivity index is 2.46. The van der Waals surface area contributed by atoms with E-state index in [4.69, 9.17) is 11.5 Å². The van der Waals surface area contributed by atoms with Gasteiger partial charge in [0.05, 0.1) is 0 Å². The average molecular weight is 298 g/mol. The van der Waals surface area contributed by atoms with Crippen molar-refractivity contribution >= 4 is 29.2 Å². The van der Waals surface area contributed by atoms with E-state index < -0.39 is 14.6 Å². The Kier molecular flexibility index (Phi) is 6.09. The maximum absolute atomic E-state index is 12.0. The van der Waals surface area contributed by atoms with Crippen LogP contribution in [0.2, 0.25) is 0 Å². The van der Waals surface area contributed by atoms with Crippen molar-refractivity contribution in [1.82, 2.24) is 0 Å². The van der Waals surface area contributed by atoms with Crippen LogP contribution in [-0.2, 0) is 8.53 Å². The average Bonchev–Trinajstić information content (AvgIpc) is 2.34. The third-order valence-electron chi connectivity index (χ3n) is 2.53. The fourth-order valence-corrected chi connectivity index (χ4v) is 4.02. The molecule has 17 heavy (non-hydrogen) atoms. The molecule has 0 spiro atoms. The van der Waals surface area contributed by atoms with Crippen molar-refractivity contribution in [3.63, 3.8) is 0 Å². The molecule has 94 valence electrons. The zero-order chi connectivity index (χ0) is 12.7. The second-order valence-corrected chi connectivity index (χ2v) is 7.74. The van der Waals surface area contributed by atoms with Crippen molar-refractivity contribution in [2.24, 2.45) is 5.73 Å². The van der Waals surface area contributed by atoms with Gasteiger partial charge in [0.15, 0.2) is 0 Å². The first kappa shape index (κ1) is 14.1. The summed E-state index contributed by atoms with van der Waals surface area (Å²) >= 11 is -2.99. The molecule has 4 N–H and O–H groups in total. The van der Waals surface area contributed by atoms with E-state index in [1.54, 1.807) is 24.3 Å². The minimum atomic E-state index is -2.99. The summed E-state index contributed by atoms with van der Waals surface area (Å²) in [6.07, 6.45) is 3.03. The molecule has 0 aliphatic carbocycles. The topological polar surface area (TPSA) is 86.2 Å². The number of hydrogen-bond donors (Lipinski definition) is 2. The zero-order valence-corrected chi connectivity index (χ0v) is 11.9. The molecule has 1 aromatic carbocycles. The van der Waals surface area contributed by atoms with Crippen LogP contribution in [0.25, 0.3) is 0 Å². The maximum atomic E-state index is 12.0. The third kappa shape index (κ3) is 4.80. The number of rotatable bonds is 7. The summed E-state index contributed by atoms with van der Waals surface area (Å²) in [4.78, 5) is 11.7. The van der Waals surface area contributed by atoms with E-state index in [0.717, 1.165) is 19.3 Å². The van der Waals surface area contributed by atoms with Crippen LogP contribution in [0.4, 0.5) is 5.69 Å². The molecule has 0 radical (unpaired) electrons. The van der Waals surface area contributed by atoms with Gasteiger partial charge in [-0.05, 0) is 0 Å². The van der Waals surface area contributed by atoms with Gasteiger partial charge >= 0.3 is 106 Å². The summed E-state index contributed by atoms with van der Waals surface area (Å²) in [5.74, 6) is 0. The Bertz CT molecular complexity index is 390. The summed E-state index contributed by atoms with van der Waals surface area (Å²) in [5.41, 5.74) is 11.5. The molecule has 0 amide bonds. The number of nitrogen functional groups attached to an aromatic ring is 1. The number of benzene rings is 1. The van der Waals surface area contributed by atoms with Gasteiger partial charge in [-0.3, -0.25) is 0 Å². The summed E-state index contributed by atoms with van der Waals surface area (Å²) < 4.78 is 12.5. The first-order valence-corrected chi connectivity index (χ1v) is 8.73. The van der Waals surface area contributed by atoms with E-state index >= 15 is 0 Å².